The van der Waals surface area contributed by atoms with Crippen LogP contribution >= 0.6 is 15.9 Å². The first kappa shape index (κ1) is 18.1. The highest BCUT2D eigenvalue weighted by atomic mass is 79.9. The Morgan fingerprint density at radius 1 is 0.867 bits per heavy atom. The van der Waals surface area contributed by atoms with Gasteiger partial charge in [-0.1, -0.05) is 28.1 Å². The fourth-order valence-corrected chi connectivity index (χ4v) is 5.89. The van der Waals surface area contributed by atoms with Crippen molar-refractivity contribution in [3.8, 4) is 5.75 Å². The summed E-state index contributed by atoms with van der Waals surface area (Å²) in [6.07, 6.45) is 5.47. The van der Waals surface area contributed by atoms with E-state index in [1.807, 2.05) is 0 Å². The molecule has 2 bridgehead atoms. The van der Waals surface area contributed by atoms with E-state index in [0.717, 1.165) is 10.9 Å². The van der Waals surface area contributed by atoms with E-state index in [1.165, 1.54) is 4.90 Å². The maximum Gasteiger partial charge on any atom is 0.343 e. The van der Waals surface area contributed by atoms with Crippen molar-refractivity contribution in [3.05, 3.63) is 70.7 Å². The number of ether oxygens (including phenoxy) is 1. The summed E-state index contributed by atoms with van der Waals surface area (Å²) in [6.45, 7) is 0. The second-order valence-electron chi connectivity index (χ2n) is 8.56. The SMILES string of the molecule is O=C(Oc1ccc(Br)cc1)c1ccc(N2C(=O)[C@@H]3[C@H]4C=C[C@@H]([C@@H]5C[C@@H]45)[C@H]3C2=O)cc1. The molecule has 0 radical (unpaired) electrons. The molecular formula is C24H18BrNO4. The number of rotatable bonds is 3. The molecule has 1 heterocycles. The Bertz CT molecular complexity index is 1070. The molecule has 0 aromatic heterocycles. The zero-order valence-corrected chi connectivity index (χ0v) is 17.5. The molecule has 1 aliphatic heterocycles. The van der Waals surface area contributed by atoms with Gasteiger partial charge in [0.05, 0.1) is 23.1 Å². The Morgan fingerprint density at radius 3 is 2.00 bits per heavy atom. The lowest BCUT2D eigenvalue weighted by molar-refractivity contribution is -0.124. The highest BCUT2D eigenvalue weighted by Crippen LogP contribution is 2.65. The quantitative estimate of drug-likeness (QED) is 0.295. The summed E-state index contributed by atoms with van der Waals surface area (Å²) in [4.78, 5) is 40.1. The number of carbonyl (C=O) groups excluding carboxylic acids is 3. The number of anilines is 1. The fourth-order valence-electron chi connectivity index (χ4n) is 5.63. The summed E-state index contributed by atoms with van der Waals surface area (Å²) in [5, 5.41) is 0. The van der Waals surface area contributed by atoms with Crippen LogP contribution in [0.2, 0.25) is 0 Å². The summed E-state index contributed by atoms with van der Waals surface area (Å²) in [5.74, 6) is 0.874. The van der Waals surface area contributed by atoms with Gasteiger partial charge in [-0.3, -0.25) is 14.5 Å². The second kappa shape index (κ2) is 6.38. The van der Waals surface area contributed by atoms with Crippen molar-refractivity contribution in [1.82, 2.24) is 0 Å². The average Bonchev–Trinajstić information content (AvgIpc) is 3.53. The minimum Gasteiger partial charge on any atom is -0.423 e. The number of imide groups is 1. The Morgan fingerprint density at radius 2 is 1.43 bits per heavy atom. The molecule has 2 saturated carbocycles. The lowest BCUT2D eigenvalue weighted by Gasteiger charge is -2.37. The van der Waals surface area contributed by atoms with Crippen LogP contribution in [0.1, 0.15) is 16.8 Å². The largest absolute Gasteiger partial charge is 0.423 e. The third kappa shape index (κ3) is 2.56. The molecule has 0 spiro atoms. The van der Waals surface area contributed by atoms with Crippen molar-refractivity contribution >= 4 is 39.4 Å². The molecule has 1 saturated heterocycles. The van der Waals surface area contributed by atoms with Crippen LogP contribution in [-0.2, 0) is 9.59 Å². The number of carbonyl (C=O) groups is 3. The average molecular weight is 464 g/mol. The van der Waals surface area contributed by atoms with Gasteiger partial charge in [-0.2, -0.15) is 0 Å². The van der Waals surface area contributed by atoms with Gasteiger partial charge in [0.1, 0.15) is 5.75 Å². The maximum atomic E-state index is 13.2. The lowest BCUT2D eigenvalue weighted by Crippen LogP contribution is -2.40. The van der Waals surface area contributed by atoms with E-state index in [-0.39, 0.29) is 35.5 Å². The molecule has 6 atom stereocenters. The minimum absolute atomic E-state index is 0.0973. The number of hydrogen-bond donors (Lipinski definition) is 0. The van der Waals surface area contributed by atoms with E-state index in [4.69, 9.17) is 4.74 Å². The molecule has 2 aromatic carbocycles. The van der Waals surface area contributed by atoms with Crippen molar-refractivity contribution < 1.29 is 19.1 Å². The van der Waals surface area contributed by atoms with Crippen molar-refractivity contribution in [1.29, 1.82) is 0 Å². The van der Waals surface area contributed by atoms with Crippen LogP contribution in [0.5, 0.6) is 5.75 Å². The van der Waals surface area contributed by atoms with Crippen molar-refractivity contribution in [2.75, 3.05) is 4.90 Å². The van der Waals surface area contributed by atoms with Gasteiger partial charge in [-0.25, -0.2) is 4.79 Å². The molecule has 6 heteroatoms. The number of nitrogens with zero attached hydrogens (tertiary/aromatic N) is 1. The van der Waals surface area contributed by atoms with Gasteiger partial charge < -0.3 is 4.74 Å². The van der Waals surface area contributed by atoms with Gasteiger partial charge in [0, 0.05) is 4.47 Å². The van der Waals surface area contributed by atoms with Gasteiger partial charge in [0.15, 0.2) is 0 Å². The molecule has 0 unspecified atom stereocenters. The summed E-state index contributed by atoms with van der Waals surface area (Å²) in [6, 6.07) is 13.5. The van der Waals surface area contributed by atoms with Crippen LogP contribution in [0, 0.1) is 35.5 Å². The third-order valence-electron chi connectivity index (χ3n) is 7.05. The fraction of sp³-hybridized carbons (Fsp3) is 0.292. The predicted octanol–water partition coefficient (Wildman–Crippen LogP) is 4.23. The van der Waals surface area contributed by atoms with E-state index in [9.17, 15) is 14.4 Å². The number of allylic oxidation sites excluding steroid dienone is 2. The Hall–Kier alpha value is -2.73. The summed E-state index contributed by atoms with van der Waals surface area (Å²) in [5.41, 5.74) is 0.883. The maximum absolute atomic E-state index is 13.2. The van der Waals surface area contributed by atoms with Gasteiger partial charge >= 0.3 is 5.97 Å². The molecule has 30 heavy (non-hydrogen) atoms. The van der Waals surface area contributed by atoms with Crippen molar-refractivity contribution in [2.45, 2.75) is 6.42 Å². The number of benzene rings is 2. The van der Waals surface area contributed by atoms with Gasteiger partial charge in [0.2, 0.25) is 11.8 Å². The standard InChI is InChI=1S/C24H18BrNO4/c25-13-3-7-15(8-4-13)30-24(29)12-1-5-14(6-2-12)26-22(27)20-16-9-10-17(19-11-18(16)19)21(20)23(26)28/h1-10,16-21H,11H2/t16-,17-,18-,19-,20+,21+/m0/s1. The van der Waals surface area contributed by atoms with Gasteiger partial charge in [0.25, 0.3) is 0 Å². The molecule has 2 amide bonds. The van der Waals surface area contributed by atoms with E-state index < -0.39 is 5.97 Å². The zero-order chi connectivity index (χ0) is 20.6. The summed E-state index contributed by atoms with van der Waals surface area (Å²) < 4.78 is 6.27. The molecule has 3 fully saturated rings. The molecule has 4 aliphatic carbocycles. The monoisotopic (exact) mass is 463 g/mol. The summed E-state index contributed by atoms with van der Waals surface area (Å²) in [7, 11) is 0. The number of halogens is 1. The van der Waals surface area contributed by atoms with Crippen molar-refractivity contribution in [2.24, 2.45) is 35.5 Å². The summed E-state index contributed by atoms with van der Waals surface area (Å²) >= 11 is 3.34. The van der Waals surface area contributed by atoms with Crippen LogP contribution in [0.3, 0.4) is 0 Å². The first-order valence-electron chi connectivity index (χ1n) is 10.2. The Balaban J connectivity index is 1.23. The van der Waals surface area contributed by atoms with E-state index in [2.05, 4.69) is 28.1 Å². The normalized spacial score (nSPS) is 32.8. The highest BCUT2D eigenvalue weighted by Gasteiger charge is 2.67. The number of hydrogen-bond acceptors (Lipinski definition) is 4. The van der Waals surface area contributed by atoms with Crippen LogP contribution in [0.4, 0.5) is 5.69 Å². The van der Waals surface area contributed by atoms with E-state index in [0.29, 0.717) is 28.8 Å². The number of esters is 1. The third-order valence-corrected chi connectivity index (χ3v) is 7.58. The topological polar surface area (TPSA) is 63.7 Å². The second-order valence-corrected chi connectivity index (χ2v) is 9.47. The molecule has 0 N–H and O–H groups in total. The predicted molar refractivity (Wildman–Crippen MR) is 113 cm³/mol. The molecule has 5 nitrogen and oxygen atoms in total. The van der Waals surface area contributed by atoms with E-state index in [1.54, 1.807) is 48.5 Å². The van der Waals surface area contributed by atoms with Gasteiger partial charge in [-0.05, 0) is 78.6 Å². The molecular weight excluding hydrogens is 446 g/mol. The first-order valence-corrected chi connectivity index (χ1v) is 11.0. The molecule has 5 aliphatic rings. The lowest BCUT2D eigenvalue weighted by atomic mass is 9.63. The molecule has 7 rings (SSSR count). The van der Waals surface area contributed by atoms with Crippen molar-refractivity contribution in [3.63, 3.8) is 0 Å². The molecule has 150 valence electrons. The number of amides is 2. The Kier molecular flexibility index (Phi) is 3.84. The van der Waals surface area contributed by atoms with Crippen LogP contribution in [-0.4, -0.2) is 17.8 Å². The van der Waals surface area contributed by atoms with Crippen LogP contribution < -0.4 is 9.64 Å². The molecule has 2 aromatic rings. The van der Waals surface area contributed by atoms with Crippen LogP contribution in [0.25, 0.3) is 0 Å². The van der Waals surface area contributed by atoms with Gasteiger partial charge in [-0.15, -0.1) is 0 Å². The zero-order valence-electron chi connectivity index (χ0n) is 15.9. The van der Waals surface area contributed by atoms with E-state index >= 15 is 0 Å². The Labute approximate surface area is 181 Å². The highest BCUT2D eigenvalue weighted by molar-refractivity contribution is 9.10. The van der Waals surface area contributed by atoms with Crippen LogP contribution in [0.15, 0.2) is 65.2 Å². The first-order chi connectivity index (χ1) is 14.5. The smallest absolute Gasteiger partial charge is 0.343 e. The minimum atomic E-state index is -0.487.